The smallest absolute Gasteiger partial charge is 0.251 e. The van der Waals surface area contributed by atoms with Crippen LogP contribution in [-0.2, 0) is 6.54 Å². The van der Waals surface area contributed by atoms with E-state index in [-0.39, 0.29) is 0 Å². The van der Waals surface area contributed by atoms with E-state index in [2.05, 4.69) is 32.4 Å². The molecule has 0 fully saturated rings. The van der Waals surface area contributed by atoms with Crippen molar-refractivity contribution in [3.63, 3.8) is 0 Å². The Balaban J connectivity index is 1.76. The zero-order valence-electron chi connectivity index (χ0n) is 12.9. The summed E-state index contributed by atoms with van der Waals surface area (Å²) in [6.45, 7) is 3.41. The molecule has 0 bridgehead atoms. The van der Waals surface area contributed by atoms with Gasteiger partial charge < -0.3 is 10.2 Å². The first kappa shape index (κ1) is 14.9. The fraction of sp³-hybridized carbons (Fsp3) is 0.176. The Morgan fingerprint density at radius 2 is 1.87 bits per heavy atom. The van der Waals surface area contributed by atoms with E-state index in [1.165, 1.54) is 0 Å². The van der Waals surface area contributed by atoms with Gasteiger partial charge in [0.1, 0.15) is 0 Å². The van der Waals surface area contributed by atoms with E-state index < -0.39 is 0 Å². The molecule has 23 heavy (non-hydrogen) atoms. The fourth-order valence-electron chi connectivity index (χ4n) is 2.22. The SMILES string of the molecule is CCN(c1ccccc1)c1nncc(NCc2ccccn2)n1. The molecule has 0 atom stereocenters. The van der Waals surface area contributed by atoms with Crippen molar-refractivity contribution in [1.29, 1.82) is 0 Å². The maximum absolute atomic E-state index is 4.55. The van der Waals surface area contributed by atoms with Crippen molar-refractivity contribution in [1.82, 2.24) is 20.2 Å². The van der Waals surface area contributed by atoms with Crippen LogP contribution in [0.4, 0.5) is 17.5 Å². The summed E-state index contributed by atoms with van der Waals surface area (Å²) in [5, 5.41) is 11.4. The van der Waals surface area contributed by atoms with Gasteiger partial charge >= 0.3 is 0 Å². The Morgan fingerprint density at radius 3 is 2.61 bits per heavy atom. The molecule has 3 rings (SSSR count). The number of anilines is 3. The number of aromatic nitrogens is 4. The third-order valence-corrected chi connectivity index (χ3v) is 3.35. The van der Waals surface area contributed by atoms with Gasteiger partial charge in [0.15, 0.2) is 5.82 Å². The number of hydrogen-bond donors (Lipinski definition) is 1. The number of benzene rings is 1. The molecule has 0 aliphatic carbocycles. The van der Waals surface area contributed by atoms with E-state index in [0.717, 1.165) is 17.9 Å². The molecule has 0 radical (unpaired) electrons. The molecule has 1 aromatic carbocycles. The quantitative estimate of drug-likeness (QED) is 0.755. The van der Waals surface area contributed by atoms with Crippen LogP contribution in [0.5, 0.6) is 0 Å². The van der Waals surface area contributed by atoms with Crippen LogP contribution in [0.3, 0.4) is 0 Å². The van der Waals surface area contributed by atoms with E-state index in [1.807, 2.05) is 53.4 Å². The molecule has 1 N–H and O–H groups in total. The topological polar surface area (TPSA) is 66.8 Å². The van der Waals surface area contributed by atoms with Gasteiger partial charge in [0.05, 0.1) is 18.4 Å². The molecule has 0 aliphatic heterocycles. The van der Waals surface area contributed by atoms with Crippen LogP contribution in [0, 0.1) is 0 Å². The Bertz CT molecular complexity index is 732. The summed E-state index contributed by atoms with van der Waals surface area (Å²) in [4.78, 5) is 10.8. The number of nitrogens with one attached hydrogen (secondary N) is 1. The Kier molecular flexibility index (Phi) is 4.73. The van der Waals surface area contributed by atoms with Crippen molar-refractivity contribution in [2.45, 2.75) is 13.5 Å². The van der Waals surface area contributed by atoms with Crippen molar-refractivity contribution in [2.24, 2.45) is 0 Å². The number of para-hydroxylation sites is 1. The Hall–Kier alpha value is -3.02. The summed E-state index contributed by atoms with van der Waals surface area (Å²) >= 11 is 0. The normalized spacial score (nSPS) is 10.3. The van der Waals surface area contributed by atoms with E-state index in [4.69, 9.17) is 0 Å². The van der Waals surface area contributed by atoms with E-state index in [9.17, 15) is 0 Å². The molecule has 2 aromatic heterocycles. The second-order valence-corrected chi connectivity index (χ2v) is 4.90. The average molecular weight is 306 g/mol. The molecule has 0 saturated heterocycles. The van der Waals surface area contributed by atoms with Crippen LogP contribution >= 0.6 is 0 Å². The number of pyridine rings is 1. The predicted octanol–water partition coefficient (Wildman–Crippen LogP) is 3.04. The summed E-state index contributed by atoms with van der Waals surface area (Å²) in [6.07, 6.45) is 3.39. The van der Waals surface area contributed by atoms with Gasteiger partial charge in [-0.25, -0.2) is 0 Å². The van der Waals surface area contributed by atoms with Crippen LogP contribution in [-0.4, -0.2) is 26.7 Å². The standard InChI is InChI=1S/C17H18N6/c1-2-23(15-9-4-3-5-10-15)17-21-16(13-20-22-17)19-12-14-8-6-7-11-18-14/h3-11,13H,2,12H2,1H3,(H,19,21,22). The van der Waals surface area contributed by atoms with Crippen molar-refractivity contribution in [3.05, 3.63) is 66.6 Å². The largest absolute Gasteiger partial charge is 0.363 e. The van der Waals surface area contributed by atoms with Gasteiger partial charge in [0.25, 0.3) is 5.95 Å². The molecule has 0 unspecified atom stereocenters. The molecule has 2 heterocycles. The van der Waals surface area contributed by atoms with Gasteiger partial charge in [-0.05, 0) is 31.2 Å². The zero-order valence-corrected chi connectivity index (χ0v) is 12.9. The third kappa shape index (κ3) is 3.79. The molecule has 6 nitrogen and oxygen atoms in total. The van der Waals surface area contributed by atoms with Gasteiger partial charge in [0, 0.05) is 18.4 Å². The highest BCUT2D eigenvalue weighted by Gasteiger charge is 2.11. The van der Waals surface area contributed by atoms with Gasteiger partial charge in [-0.15, -0.1) is 5.10 Å². The maximum Gasteiger partial charge on any atom is 0.251 e. The number of hydrogen-bond acceptors (Lipinski definition) is 6. The number of rotatable bonds is 6. The van der Waals surface area contributed by atoms with Crippen LogP contribution in [0.25, 0.3) is 0 Å². The van der Waals surface area contributed by atoms with E-state index >= 15 is 0 Å². The van der Waals surface area contributed by atoms with Crippen molar-refractivity contribution in [2.75, 3.05) is 16.8 Å². The molecule has 0 amide bonds. The van der Waals surface area contributed by atoms with Crippen LogP contribution in [0.15, 0.2) is 60.9 Å². The lowest BCUT2D eigenvalue weighted by molar-refractivity contribution is 0.879. The molecule has 0 spiro atoms. The minimum atomic E-state index is 0.574. The van der Waals surface area contributed by atoms with Gasteiger partial charge in [0.2, 0.25) is 0 Å². The summed E-state index contributed by atoms with van der Waals surface area (Å²) in [7, 11) is 0. The van der Waals surface area contributed by atoms with Gasteiger partial charge in [-0.2, -0.15) is 10.1 Å². The highest BCUT2D eigenvalue weighted by Crippen LogP contribution is 2.21. The maximum atomic E-state index is 4.55. The minimum Gasteiger partial charge on any atom is -0.363 e. The monoisotopic (exact) mass is 306 g/mol. The molecule has 0 saturated carbocycles. The lowest BCUT2D eigenvalue weighted by Gasteiger charge is -2.20. The summed E-state index contributed by atoms with van der Waals surface area (Å²) < 4.78 is 0. The first-order valence-electron chi connectivity index (χ1n) is 7.53. The van der Waals surface area contributed by atoms with Crippen molar-refractivity contribution in [3.8, 4) is 0 Å². The van der Waals surface area contributed by atoms with Crippen LogP contribution < -0.4 is 10.2 Å². The lowest BCUT2D eigenvalue weighted by atomic mass is 10.3. The first-order valence-corrected chi connectivity index (χ1v) is 7.53. The molecular formula is C17H18N6. The van der Waals surface area contributed by atoms with Gasteiger partial charge in [-0.3, -0.25) is 4.98 Å². The molecule has 3 aromatic rings. The molecule has 116 valence electrons. The molecule has 6 heteroatoms. The summed E-state index contributed by atoms with van der Waals surface area (Å²) in [5.41, 5.74) is 1.99. The average Bonchev–Trinajstić information content (AvgIpc) is 2.63. The van der Waals surface area contributed by atoms with Crippen LogP contribution in [0.1, 0.15) is 12.6 Å². The second-order valence-electron chi connectivity index (χ2n) is 4.90. The first-order chi connectivity index (χ1) is 11.4. The minimum absolute atomic E-state index is 0.574. The highest BCUT2D eigenvalue weighted by atomic mass is 15.3. The van der Waals surface area contributed by atoms with E-state index in [1.54, 1.807) is 12.4 Å². The number of nitrogens with zero attached hydrogens (tertiary/aromatic N) is 5. The highest BCUT2D eigenvalue weighted by molar-refractivity contribution is 5.57. The molecule has 0 aliphatic rings. The second kappa shape index (κ2) is 7.31. The van der Waals surface area contributed by atoms with Crippen molar-refractivity contribution < 1.29 is 0 Å². The summed E-state index contributed by atoms with van der Waals surface area (Å²) in [5.74, 6) is 1.25. The fourth-order valence-corrected chi connectivity index (χ4v) is 2.22. The van der Waals surface area contributed by atoms with E-state index in [0.29, 0.717) is 18.3 Å². The molecular weight excluding hydrogens is 288 g/mol. The zero-order chi connectivity index (χ0) is 15.9. The van der Waals surface area contributed by atoms with Gasteiger partial charge in [-0.1, -0.05) is 24.3 Å². The third-order valence-electron chi connectivity index (χ3n) is 3.35. The Labute approximate surface area is 135 Å². The van der Waals surface area contributed by atoms with Crippen molar-refractivity contribution >= 4 is 17.5 Å². The lowest BCUT2D eigenvalue weighted by Crippen LogP contribution is -2.20. The Morgan fingerprint density at radius 1 is 1.04 bits per heavy atom. The van der Waals surface area contributed by atoms with Crippen LogP contribution in [0.2, 0.25) is 0 Å². The summed E-state index contributed by atoms with van der Waals surface area (Å²) in [6, 6.07) is 15.9. The predicted molar refractivity (Wildman–Crippen MR) is 90.5 cm³/mol.